The molecule has 0 fully saturated rings. The number of sulfonamides is 1. The number of nitrogens with one attached hydrogen (secondary N) is 1. The monoisotopic (exact) mass is 287 g/mol. The molecule has 2 rings (SSSR count). The van der Waals surface area contributed by atoms with Crippen LogP contribution in [0.25, 0.3) is 0 Å². The van der Waals surface area contributed by atoms with Gasteiger partial charge in [-0.05, 0) is 19.1 Å². The molecule has 8 heteroatoms. The van der Waals surface area contributed by atoms with E-state index in [1.165, 1.54) is 24.5 Å². The average molecular weight is 288 g/mol. The van der Waals surface area contributed by atoms with Gasteiger partial charge in [0.1, 0.15) is 10.9 Å². The van der Waals surface area contributed by atoms with E-state index in [0.29, 0.717) is 11.7 Å². The van der Waals surface area contributed by atoms with E-state index in [1.807, 2.05) is 0 Å². The van der Waals surface area contributed by atoms with Gasteiger partial charge >= 0.3 is 0 Å². The van der Waals surface area contributed by atoms with Gasteiger partial charge in [-0.2, -0.15) is 0 Å². The molecule has 0 saturated carbocycles. The molecule has 2 aromatic heterocycles. The number of nitrogens with zero attached hydrogens (tertiary/aromatic N) is 2. The largest absolute Gasteiger partial charge is 0.445 e. The fourth-order valence-corrected chi connectivity index (χ4v) is 2.50. The summed E-state index contributed by atoms with van der Waals surface area (Å²) in [5, 5.41) is 0.116. The molecular weight excluding hydrogens is 278 g/mol. The van der Waals surface area contributed by atoms with Crippen molar-refractivity contribution in [3.8, 4) is 0 Å². The second-order valence-electron chi connectivity index (χ2n) is 3.50. The Kier molecular flexibility index (Phi) is 3.65. The minimum atomic E-state index is -3.65. The first-order chi connectivity index (χ1) is 8.47. The van der Waals surface area contributed by atoms with Crippen LogP contribution in [-0.4, -0.2) is 18.4 Å². The summed E-state index contributed by atoms with van der Waals surface area (Å²) in [4.78, 5) is 7.66. The van der Waals surface area contributed by atoms with E-state index in [-0.39, 0.29) is 16.6 Å². The number of pyridine rings is 1. The van der Waals surface area contributed by atoms with Crippen LogP contribution in [0.5, 0.6) is 0 Å². The summed E-state index contributed by atoms with van der Waals surface area (Å²) in [7, 11) is -3.65. The number of hydrogen-bond acceptors (Lipinski definition) is 5. The average Bonchev–Trinajstić information content (AvgIpc) is 2.73. The molecular formula is C10H10ClN3O3S. The van der Waals surface area contributed by atoms with E-state index in [4.69, 9.17) is 16.0 Å². The molecule has 0 aromatic carbocycles. The lowest BCUT2D eigenvalue weighted by molar-refractivity contribution is 0.463. The third-order valence-corrected chi connectivity index (χ3v) is 3.70. The van der Waals surface area contributed by atoms with Gasteiger partial charge in [0.15, 0.2) is 0 Å². The van der Waals surface area contributed by atoms with Crippen LogP contribution in [-0.2, 0) is 16.6 Å². The molecule has 0 unspecified atom stereocenters. The lowest BCUT2D eigenvalue weighted by atomic mass is 10.5. The lowest BCUT2D eigenvalue weighted by Crippen LogP contribution is -2.23. The third-order valence-electron chi connectivity index (χ3n) is 2.09. The molecule has 0 aliphatic carbocycles. The van der Waals surface area contributed by atoms with Gasteiger partial charge in [0, 0.05) is 6.20 Å². The highest BCUT2D eigenvalue weighted by Gasteiger charge is 2.15. The van der Waals surface area contributed by atoms with Crippen molar-refractivity contribution in [1.82, 2.24) is 14.7 Å². The highest BCUT2D eigenvalue weighted by atomic mass is 35.5. The number of rotatable bonds is 4. The first kappa shape index (κ1) is 13.0. The zero-order valence-electron chi connectivity index (χ0n) is 9.42. The van der Waals surface area contributed by atoms with Gasteiger partial charge in [0.25, 0.3) is 0 Å². The Balaban J connectivity index is 2.13. The molecule has 2 heterocycles. The number of aromatic nitrogens is 2. The van der Waals surface area contributed by atoms with Crippen LogP contribution in [0, 0.1) is 6.92 Å². The Hall–Kier alpha value is -1.44. The van der Waals surface area contributed by atoms with Crippen LogP contribution >= 0.6 is 11.6 Å². The van der Waals surface area contributed by atoms with Gasteiger partial charge < -0.3 is 4.42 Å². The summed E-state index contributed by atoms with van der Waals surface area (Å²) in [5.74, 6) is 0.924. The zero-order chi connectivity index (χ0) is 13.2. The molecule has 0 saturated heterocycles. The lowest BCUT2D eigenvalue weighted by Gasteiger charge is -2.04. The van der Waals surface area contributed by atoms with Crippen molar-refractivity contribution < 1.29 is 12.8 Å². The Morgan fingerprint density at radius 1 is 1.44 bits per heavy atom. The van der Waals surface area contributed by atoms with E-state index >= 15 is 0 Å². The van der Waals surface area contributed by atoms with Crippen molar-refractivity contribution in [3.05, 3.63) is 41.3 Å². The third kappa shape index (κ3) is 3.06. The van der Waals surface area contributed by atoms with Crippen molar-refractivity contribution in [3.63, 3.8) is 0 Å². The predicted octanol–water partition coefficient (Wildman–Crippen LogP) is 1.51. The van der Waals surface area contributed by atoms with E-state index in [9.17, 15) is 8.42 Å². The Morgan fingerprint density at radius 3 is 2.83 bits per heavy atom. The Morgan fingerprint density at radius 2 is 2.22 bits per heavy atom. The van der Waals surface area contributed by atoms with Crippen molar-refractivity contribution in [2.45, 2.75) is 18.4 Å². The maximum absolute atomic E-state index is 11.9. The fourth-order valence-electron chi connectivity index (χ4n) is 1.28. The highest BCUT2D eigenvalue weighted by Crippen LogP contribution is 2.13. The smallest absolute Gasteiger partial charge is 0.241 e. The molecule has 0 spiro atoms. The number of halogens is 1. The minimum absolute atomic E-state index is 0.0177. The molecule has 0 amide bonds. The minimum Gasteiger partial charge on any atom is -0.445 e. The van der Waals surface area contributed by atoms with Crippen LogP contribution in [0.3, 0.4) is 0 Å². The molecule has 18 heavy (non-hydrogen) atoms. The standard InChI is InChI=1S/C10H10ClN3O3S/c1-7-5-13-10(17-7)6-14-18(15,16)8-2-3-12-9(11)4-8/h2-5,14H,6H2,1H3. The summed E-state index contributed by atoms with van der Waals surface area (Å²) in [6.07, 6.45) is 2.85. The summed E-state index contributed by atoms with van der Waals surface area (Å²) < 4.78 is 31.3. The first-order valence-electron chi connectivity index (χ1n) is 5.00. The quantitative estimate of drug-likeness (QED) is 0.862. The van der Waals surface area contributed by atoms with Gasteiger partial charge in [0.05, 0.1) is 17.6 Å². The van der Waals surface area contributed by atoms with Gasteiger partial charge in [-0.25, -0.2) is 23.1 Å². The number of hydrogen-bond donors (Lipinski definition) is 1. The normalized spacial score (nSPS) is 11.7. The van der Waals surface area contributed by atoms with Gasteiger partial charge in [-0.1, -0.05) is 11.6 Å². The second kappa shape index (κ2) is 5.05. The predicted molar refractivity (Wildman–Crippen MR) is 64.5 cm³/mol. The fraction of sp³-hybridized carbons (Fsp3) is 0.200. The molecule has 0 atom stereocenters. The molecule has 0 bridgehead atoms. The van der Waals surface area contributed by atoms with Crippen LogP contribution in [0.15, 0.2) is 33.8 Å². The van der Waals surface area contributed by atoms with Gasteiger partial charge in [0.2, 0.25) is 15.9 Å². The van der Waals surface area contributed by atoms with Crippen molar-refractivity contribution >= 4 is 21.6 Å². The maximum atomic E-state index is 11.9. The summed E-state index contributed by atoms with van der Waals surface area (Å²) in [6.45, 7) is 1.71. The molecule has 96 valence electrons. The van der Waals surface area contributed by atoms with Crippen LogP contribution in [0.2, 0.25) is 5.15 Å². The van der Waals surface area contributed by atoms with E-state index < -0.39 is 10.0 Å². The zero-order valence-corrected chi connectivity index (χ0v) is 11.0. The molecule has 6 nitrogen and oxygen atoms in total. The topological polar surface area (TPSA) is 85.1 Å². The first-order valence-corrected chi connectivity index (χ1v) is 6.86. The van der Waals surface area contributed by atoms with Crippen molar-refractivity contribution in [2.24, 2.45) is 0 Å². The summed E-state index contributed by atoms with van der Waals surface area (Å²) >= 11 is 5.64. The highest BCUT2D eigenvalue weighted by molar-refractivity contribution is 7.89. The second-order valence-corrected chi connectivity index (χ2v) is 5.66. The molecule has 2 aromatic rings. The maximum Gasteiger partial charge on any atom is 0.241 e. The molecule has 0 radical (unpaired) electrons. The number of oxazole rings is 1. The Labute approximate surface area is 109 Å². The van der Waals surface area contributed by atoms with Crippen LogP contribution < -0.4 is 4.72 Å². The van der Waals surface area contributed by atoms with Gasteiger partial charge in [-0.3, -0.25) is 0 Å². The van der Waals surface area contributed by atoms with E-state index in [0.717, 1.165) is 0 Å². The summed E-state index contributed by atoms with van der Waals surface area (Å²) in [5.41, 5.74) is 0. The van der Waals surface area contributed by atoms with Gasteiger partial charge in [-0.15, -0.1) is 0 Å². The Bertz CT molecular complexity index is 654. The van der Waals surface area contributed by atoms with Crippen molar-refractivity contribution in [1.29, 1.82) is 0 Å². The molecule has 1 N–H and O–H groups in total. The summed E-state index contributed by atoms with van der Waals surface area (Å²) in [6, 6.07) is 2.62. The number of aryl methyl sites for hydroxylation is 1. The molecule has 0 aliphatic heterocycles. The van der Waals surface area contributed by atoms with E-state index in [2.05, 4.69) is 14.7 Å². The molecule has 0 aliphatic rings. The van der Waals surface area contributed by atoms with Crippen LogP contribution in [0.1, 0.15) is 11.7 Å². The van der Waals surface area contributed by atoms with E-state index in [1.54, 1.807) is 6.92 Å². The van der Waals surface area contributed by atoms with Crippen LogP contribution in [0.4, 0.5) is 0 Å². The SMILES string of the molecule is Cc1cnc(CNS(=O)(=O)c2ccnc(Cl)c2)o1. The van der Waals surface area contributed by atoms with Crippen molar-refractivity contribution in [2.75, 3.05) is 0 Å².